The number of benzene rings is 2. The average molecular weight is 317 g/mol. The van der Waals surface area contributed by atoms with Gasteiger partial charge in [0.15, 0.2) is 0 Å². The maximum atomic E-state index is 11.3. The topological polar surface area (TPSA) is 50.7 Å². The second-order valence-corrected chi connectivity index (χ2v) is 5.29. The molecule has 2 aromatic rings. The number of nitrogens with one attached hydrogen (secondary N) is 1. The molecule has 0 bridgehead atoms. The van der Waals surface area contributed by atoms with Crippen LogP contribution in [0.5, 0.6) is 5.75 Å². The van der Waals surface area contributed by atoms with Crippen molar-refractivity contribution in [1.82, 2.24) is 5.32 Å². The normalized spacial score (nSPS) is 10.7. The van der Waals surface area contributed by atoms with Crippen molar-refractivity contribution in [2.75, 3.05) is 7.05 Å². The van der Waals surface area contributed by atoms with Crippen molar-refractivity contribution in [1.29, 1.82) is 0 Å². The Morgan fingerprint density at radius 3 is 2.32 bits per heavy atom. The number of hydrogen-bond donors (Lipinski definition) is 1. The highest BCUT2D eigenvalue weighted by Crippen LogP contribution is 2.28. The van der Waals surface area contributed by atoms with Crippen LogP contribution in [0, 0.1) is 13.8 Å². The molecule has 0 saturated carbocycles. The van der Waals surface area contributed by atoms with Crippen molar-refractivity contribution < 1.29 is 9.53 Å². The molecular weight excluding hydrogens is 300 g/mol. The van der Waals surface area contributed by atoms with E-state index in [1.54, 1.807) is 18.3 Å². The lowest BCUT2D eigenvalue weighted by atomic mass is 10.1. The van der Waals surface area contributed by atoms with E-state index in [-0.39, 0.29) is 0 Å². The number of hydrogen-bond acceptors (Lipinski definition) is 3. The first kappa shape index (κ1) is 16.0. The Labute approximate surface area is 134 Å². The zero-order valence-corrected chi connectivity index (χ0v) is 13.4. The highest BCUT2D eigenvalue weighted by Gasteiger charge is 2.07. The zero-order valence-electron chi connectivity index (χ0n) is 12.7. The predicted octanol–water partition coefficient (Wildman–Crippen LogP) is 4.43. The summed E-state index contributed by atoms with van der Waals surface area (Å²) in [6, 6.07) is 11.0. The van der Waals surface area contributed by atoms with Gasteiger partial charge in [-0.05, 0) is 54.8 Å². The zero-order chi connectivity index (χ0) is 16.1. The lowest BCUT2D eigenvalue weighted by Gasteiger charge is -2.09. The summed E-state index contributed by atoms with van der Waals surface area (Å²) in [5.41, 5.74) is 3.70. The Morgan fingerprint density at radius 1 is 1.18 bits per heavy atom. The number of amides is 1. The van der Waals surface area contributed by atoms with E-state index >= 15 is 0 Å². The van der Waals surface area contributed by atoms with Gasteiger partial charge in [0, 0.05) is 18.3 Å². The molecule has 0 saturated heterocycles. The Morgan fingerprint density at radius 2 is 1.77 bits per heavy atom. The van der Waals surface area contributed by atoms with Gasteiger partial charge in [-0.1, -0.05) is 23.7 Å². The molecule has 1 N–H and O–H groups in total. The highest BCUT2D eigenvalue weighted by atomic mass is 35.5. The fourth-order valence-corrected chi connectivity index (χ4v) is 2.15. The lowest BCUT2D eigenvalue weighted by molar-refractivity contribution is 0.203. The molecule has 0 unspecified atom stereocenters. The van der Waals surface area contributed by atoms with Crippen LogP contribution < -0.4 is 10.1 Å². The molecule has 0 spiro atoms. The maximum absolute atomic E-state index is 11.3. The van der Waals surface area contributed by atoms with Crippen molar-refractivity contribution in [3.63, 3.8) is 0 Å². The van der Waals surface area contributed by atoms with Crippen LogP contribution >= 0.6 is 11.6 Å². The third-order valence-corrected chi connectivity index (χ3v) is 3.34. The van der Waals surface area contributed by atoms with Gasteiger partial charge in [0.1, 0.15) is 5.75 Å². The van der Waals surface area contributed by atoms with E-state index < -0.39 is 6.09 Å². The summed E-state index contributed by atoms with van der Waals surface area (Å²) in [6.45, 7) is 3.86. The molecule has 0 aliphatic heterocycles. The van der Waals surface area contributed by atoms with E-state index in [9.17, 15) is 4.79 Å². The van der Waals surface area contributed by atoms with Gasteiger partial charge in [0.05, 0.1) is 5.69 Å². The summed E-state index contributed by atoms with van der Waals surface area (Å²) in [5.74, 6) is 0.500. The van der Waals surface area contributed by atoms with Crippen LogP contribution in [-0.2, 0) is 0 Å². The molecule has 22 heavy (non-hydrogen) atoms. The summed E-state index contributed by atoms with van der Waals surface area (Å²) >= 11 is 5.86. The number of rotatable bonds is 3. The average Bonchev–Trinajstić information content (AvgIpc) is 2.48. The standard InChI is InChI=1S/C17H17ClN2O2/c1-11-8-15(22-17(21)19-3)9-12(2)16(11)20-10-13-4-6-14(18)7-5-13/h4-10H,1-3H3,(H,19,21). The molecular formula is C17H17ClN2O2. The van der Waals surface area contributed by atoms with Gasteiger partial charge >= 0.3 is 6.09 Å². The predicted molar refractivity (Wildman–Crippen MR) is 89.7 cm³/mol. The number of halogens is 1. The third-order valence-electron chi connectivity index (χ3n) is 3.09. The van der Waals surface area contributed by atoms with Crippen LogP contribution in [0.2, 0.25) is 5.02 Å². The summed E-state index contributed by atoms with van der Waals surface area (Å²) in [5, 5.41) is 3.11. The summed E-state index contributed by atoms with van der Waals surface area (Å²) in [7, 11) is 1.52. The van der Waals surface area contributed by atoms with Crippen LogP contribution in [0.3, 0.4) is 0 Å². The van der Waals surface area contributed by atoms with Gasteiger partial charge in [0.2, 0.25) is 0 Å². The number of aryl methyl sites for hydroxylation is 2. The molecule has 0 fully saturated rings. The van der Waals surface area contributed by atoms with E-state index in [2.05, 4.69) is 10.3 Å². The van der Waals surface area contributed by atoms with Gasteiger partial charge in [-0.15, -0.1) is 0 Å². The maximum Gasteiger partial charge on any atom is 0.412 e. The quantitative estimate of drug-likeness (QED) is 0.852. The number of ether oxygens (including phenoxy) is 1. The van der Waals surface area contributed by atoms with Crippen LogP contribution in [0.4, 0.5) is 10.5 Å². The molecule has 5 heteroatoms. The SMILES string of the molecule is CNC(=O)Oc1cc(C)c(N=Cc2ccc(Cl)cc2)c(C)c1. The number of carbonyl (C=O) groups is 1. The van der Waals surface area contributed by atoms with Crippen LogP contribution in [0.1, 0.15) is 16.7 Å². The van der Waals surface area contributed by atoms with E-state index in [4.69, 9.17) is 16.3 Å². The first-order valence-electron chi connectivity index (χ1n) is 6.80. The molecule has 2 aromatic carbocycles. The van der Waals surface area contributed by atoms with Gasteiger partial charge in [-0.3, -0.25) is 4.99 Å². The number of nitrogens with zero attached hydrogens (tertiary/aromatic N) is 1. The van der Waals surface area contributed by atoms with Crippen molar-refractivity contribution in [2.24, 2.45) is 4.99 Å². The minimum Gasteiger partial charge on any atom is -0.410 e. The third kappa shape index (κ3) is 4.09. The fourth-order valence-electron chi connectivity index (χ4n) is 2.02. The molecule has 4 nitrogen and oxygen atoms in total. The van der Waals surface area contributed by atoms with Crippen molar-refractivity contribution >= 4 is 29.6 Å². The van der Waals surface area contributed by atoms with E-state index in [0.717, 1.165) is 22.4 Å². The smallest absolute Gasteiger partial charge is 0.410 e. The van der Waals surface area contributed by atoms with Gasteiger partial charge < -0.3 is 10.1 Å². The summed E-state index contributed by atoms with van der Waals surface area (Å²) < 4.78 is 5.14. The van der Waals surface area contributed by atoms with Crippen LogP contribution in [0.25, 0.3) is 0 Å². The molecule has 0 aliphatic carbocycles. The Hall–Kier alpha value is -2.33. The minimum atomic E-state index is -0.490. The number of aliphatic imine (C=N–C) groups is 1. The first-order valence-corrected chi connectivity index (χ1v) is 7.18. The molecule has 2 rings (SSSR count). The van der Waals surface area contributed by atoms with E-state index in [1.165, 1.54) is 7.05 Å². The van der Waals surface area contributed by atoms with Crippen LogP contribution in [-0.4, -0.2) is 19.4 Å². The van der Waals surface area contributed by atoms with Crippen molar-refractivity contribution in [3.05, 3.63) is 58.1 Å². The van der Waals surface area contributed by atoms with Gasteiger partial charge in [0.25, 0.3) is 0 Å². The second kappa shape index (κ2) is 7.09. The molecule has 0 aliphatic rings. The molecule has 0 aromatic heterocycles. The molecule has 0 heterocycles. The Kier molecular flexibility index (Phi) is 5.17. The molecule has 1 amide bonds. The summed E-state index contributed by atoms with van der Waals surface area (Å²) in [4.78, 5) is 15.8. The van der Waals surface area contributed by atoms with Crippen molar-refractivity contribution in [2.45, 2.75) is 13.8 Å². The summed E-state index contributed by atoms with van der Waals surface area (Å²) in [6.07, 6.45) is 1.29. The fraction of sp³-hybridized carbons (Fsp3) is 0.176. The Bertz CT molecular complexity index is 686. The minimum absolute atomic E-state index is 0.490. The number of carbonyl (C=O) groups excluding carboxylic acids is 1. The Balaban J connectivity index is 2.24. The molecule has 0 atom stereocenters. The van der Waals surface area contributed by atoms with Crippen molar-refractivity contribution in [3.8, 4) is 5.75 Å². The van der Waals surface area contributed by atoms with Gasteiger partial charge in [-0.25, -0.2) is 4.79 Å². The molecule has 0 radical (unpaired) electrons. The van der Waals surface area contributed by atoms with E-state index in [0.29, 0.717) is 10.8 Å². The molecule has 114 valence electrons. The largest absolute Gasteiger partial charge is 0.412 e. The van der Waals surface area contributed by atoms with E-state index in [1.807, 2.05) is 38.1 Å². The second-order valence-electron chi connectivity index (χ2n) is 4.85. The van der Waals surface area contributed by atoms with Crippen LogP contribution in [0.15, 0.2) is 41.4 Å². The first-order chi connectivity index (χ1) is 10.5. The lowest BCUT2D eigenvalue weighted by Crippen LogP contribution is -2.22. The monoisotopic (exact) mass is 316 g/mol. The highest BCUT2D eigenvalue weighted by molar-refractivity contribution is 6.30. The van der Waals surface area contributed by atoms with Gasteiger partial charge in [-0.2, -0.15) is 0 Å².